The predicted octanol–water partition coefficient (Wildman–Crippen LogP) is 4.09. The maximum atomic E-state index is 13.3. The van der Waals surface area contributed by atoms with Crippen LogP contribution in [0.25, 0.3) is 0 Å². The molecule has 1 saturated heterocycles. The fraction of sp³-hybridized carbons (Fsp3) is 0.455. The molecule has 1 N–H and O–H groups in total. The Morgan fingerprint density at radius 1 is 1.31 bits per heavy atom. The second-order valence-corrected chi connectivity index (χ2v) is 9.46. The number of hydrogen-bond acceptors (Lipinski definition) is 8. The van der Waals surface area contributed by atoms with Gasteiger partial charge in [-0.15, -0.1) is 0 Å². The number of alkyl halides is 3. The predicted molar refractivity (Wildman–Crippen MR) is 128 cm³/mol. The molecule has 1 amide bonds. The van der Waals surface area contributed by atoms with Gasteiger partial charge < -0.3 is 14.8 Å². The van der Waals surface area contributed by atoms with Crippen molar-refractivity contribution in [3.63, 3.8) is 0 Å². The van der Waals surface area contributed by atoms with Gasteiger partial charge in [-0.2, -0.15) is 13.2 Å². The molecule has 0 saturated carbocycles. The van der Waals surface area contributed by atoms with Gasteiger partial charge in [0, 0.05) is 32.4 Å². The Hall–Kier alpha value is -2.12. The SMILES string of the molecule is CCOC(=O)c1cnc(SCC(=O)NC[C@H]2CN(Cc3ccc(Cl)c(Cl)c3)CCO2)nc1C(F)(F)F. The normalized spacial score (nSPS) is 16.6. The molecule has 14 heteroatoms. The summed E-state index contributed by atoms with van der Waals surface area (Å²) in [5, 5.41) is 3.39. The van der Waals surface area contributed by atoms with Gasteiger partial charge in [-0.1, -0.05) is 41.0 Å². The van der Waals surface area contributed by atoms with Crippen LogP contribution in [0.5, 0.6) is 0 Å². The van der Waals surface area contributed by atoms with Crippen LogP contribution in [0.2, 0.25) is 10.0 Å². The van der Waals surface area contributed by atoms with Crippen LogP contribution in [0.15, 0.2) is 29.6 Å². The van der Waals surface area contributed by atoms with Gasteiger partial charge >= 0.3 is 12.1 Å². The van der Waals surface area contributed by atoms with E-state index in [1.54, 1.807) is 12.1 Å². The van der Waals surface area contributed by atoms with E-state index in [4.69, 9.17) is 27.9 Å². The first kappa shape index (κ1) is 28.5. The Morgan fingerprint density at radius 3 is 2.78 bits per heavy atom. The molecular weight excluding hydrogens is 544 g/mol. The summed E-state index contributed by atoms with van der Waals surface area (Å²) in [4.78, 5) is 33.4. The minimum absolute atomic E-state index is 0.0925. The van der Waals surface area contributed by atoms with E-state index < -0.39 is 29.3 Å². The molecule has 0 unspecified atom stereocenters. The molecule has 0 radical (unpaired) electrons. The van der Waals surface area contributed by atoms with E-state index in [0.717, 1.165) is 23.5 Å². The molecule has 0 spiro atoms. The summed E-state index contributed by atoms with van der Waals surface area (Å²) >= 11 is 12.8. The number of hydrogen-bond donors (Lipinski definition) is 1. The van der Waals surface area contributed by atoms with Crippen molar-refractivity contribution in [1.29, 1.82) is 0 Å². The first-order chi connectivity index (χ1) is 17.1. The zero-order valence-corrected chi connectivity index (χ0v) is 21.4. The van der Waals surface area contributed by atoms with Gasteiger partial charge in [-0.05, 0) is 24.6 Å². The molecule has 36 heavy (non-hydrogen) atoms. The minimum atomic E-state index is -4.88. The standard InChI is InChI=1S/C22H23Cl2F3N4O4S/c1-2-34-20(33)15-9-29-21(30-19(15)22(25,26)27)36-12-18(32)28-8-14-11-31(5-6-35-14)10-13-3-4-16(23)17(24)7-13/h3-4,7,9,14H,2,5-6,8,10-12H2,1H3,(H,28,32)/t14-/m0/s1. The van der Waals surface area contributed by atoms with Crippen molar-refractivity contribution in [3.05, 3.63) is 51.3 Å². The Morgan fingerprint density at radius 2 is 2.08 bits per heavy atom. The largest absolute Gasteiger partial charge is 0.462 e. The quantitative estimate of drug-likeness (QED) is 0.275. The second kappa shape index (κ2) is 12.9. The molecule has 0 aliphatic carbocycles. The highest BCUT2D eigenvalue weighted by molar-refractivity contribution is 7.99. The third kappa shape index (κ3) is 8.20. The van der Waals surface area contributed by atoms with Crippen LogP contribution in [-0.2, 0) is 27.0 Å². The third-order valence-corrected chi connectivity index (χ3v) is 6.60. The molecule has 0 bridgehead atoms. The Kier molecular flexibility index (Phi) is 10.2. The molecule has 1 fully saturated rings. The molecule has 1 aromatic heterocycles. The Labute approximate surface area is 219 Å². The maximum absolute atomic E-state index is 13.3. The van der Waals surface area contributed by atoms with Crippen molar-refractivity contribution < 1.29 is 32.2 Å². The first-order valence-electron chi connectivity index (χ1n) is 10.9. The number of carbonyl (C=O) groups is 2. The first-order valence-corrected chi connectivity index (χ1v) is 12.6. The number of aromatic nitrogens is 2. The van der Waals surface area contributed by atoms with Crippen molar-refractivity contribution in [2.24, 2.45) is 0 Å². The number of halogens is 5. The molecule has 8 nitrogen and oxygen atoms in total. The smallest absolute Gasteiger partial charge is 0.434 e. The van der Waals surface area contributed by atoms with E-state index >= 15 is 0 Å². The van der Waals surface area contributed by atoms with Gasteiger partial charge in [0.1, 0.15) is 5.56 Å². The average Bonchev–Trinajstić information content (AvgIpc) is 2.83. The number of esters is 1. The van der Waals surface area contributed by atoms with E-state index in [1.165, 1.54) is 6.92 Å². The summed E-state index contributed by atoms with van der Waals surface area (Å²) in [5.41, 5.74) is -1.19. The number of amides is 1. The van der Waals surface area contributed by atoms with Crippen molar-refractivity contribution in [1.82, 2.24) is 20.2 Å². The third-order valence-electron chi connectivity index (χ3n) is 5.00. The summed E-state index contributed by atoms with van der Waals surface area (Å²) in [6.45, 7) is 4.01. The topological polar surface area (TPSA) is 93.6 Å². The second-order valence-electron chi connectivity index (χ2n) is 7.70. The highest BCUT2D eigenvalue weighted by Crippen LogP contribution is 2.32. The number of benzene rings is 1. The van der Waals surface area contributed by atoms with E-state index in [9.17, 15) is 22.8 Å². The molecule has 1 aliphatic rings. The van der Waals surface area contributed by atoms with E-state index in [0.29, 0.717) is 36.3 Å². The average molecular weight is 567 g/mol. The lowest BCUT2D eigenvalue weighted by molar-refractivity contribution is -0.142. The summed E-state index contributed by atoms with van der Waals surface area (Å²) < 4.78 is 50.4. The Balaban J connectivity index is 1.50. The van der Waals surface area contributed by atoms with Crippen LogP contribution in [0.3, 0.4) is 0 Å². The lowest BCUT2D eigenvalue weighted by atomic mass is 10.2. The summed E-state index contributed by atoms with van der Waals surface area (Å²) in [6.07, 6.45) is -4.39. The number of ether oxygens (including phenoxy) is 2. The molecule has 1 aliphatic heterocycles. The Bertz CT molecular complexity index is 1090. The number of morpholine rings is 1. The van der Waals surface area contributed by atoms with Crippen molar-refractivity contribution in [2.45, 2.75) is 30.9 Å². The van der Waals surface area contributed by atoms with Crippen LogP contribution in [0.4, 0.5) is 13.2 Å². The van der Waals surface area contributed by atoms with Crippen LogP contribution in [0, 0.1) is 0 Å². The monoisotopic (exact) mass is 566 g/mol. The van der Waals surface area contributed by atoms with Crippen LogP contribution >= 0.6 is 35.0 Å². The maximum Gasteiger partial charge on any atom is 0.434 e. The van der Waals surface area contributed by atoms with E-state index in [1.807, 2.05) is 6.07 Å². The summed E-state index contributed by atoms with van der Waals surface area (Å²) in [7, 11) is 0. The highest BCUT2D eigenvalue weighted by atomic mass is 35.5. The van der Waals surface area contributed by atoms with Crippen LogP contribution in [-0.4, -0.2) is 71.4 Å². The molecule has 1 atom stereocenters. The van der Waals surface area contributed by atoms with Gasteiger partial charge in [-0.25, -0.2) is 14.8 Å². The molecule has 2 heterocycles. The van der Waals surface area contributed by atoms with Crippen LogP contribution < -0.4 is 5.32 Å². The van der Waals surface area contributed by atoms with Gasteiger partial charge in [-0.3, -0.25) is 9.69 Å². The molecule has 1 aromatic carbocycles. The van der Waals surface area contributed by atoms with Gasteiger partial charge in [0.25, 0.3) is 0 Å². The molecule has 196 valence electrons. The zero-order chi connectivity index (χ0) is 26.3. The fourth-order valence-corrected chi connectivity index (χ4v) is 4.33. The zero-order valence-electron chi connectivity index (χ0n) is 19.1. The summed E-state index contributed by atoms with van der Waals surface area (Å²) in [5.74, 6) is -1.80. The van der Waals surface area contributed by atoms with Crippen molar-refractivity contribution in [3.8, 4) is 0 Å². The van der Waals surface area contributed by atoms with Crippen molar-refractivity contribution >= 4 is 46.8 Å². The molecular formula is C22H23Cl2F3N4O4S. The van der Waals surface area contributed by atoms with Crippen molar-refractivity contribution in [2.75, 3.05) is 38.6 Å². The number of carbonyl (C=O) groups excluding carboxylic acids is 2. The molecule has 3 rings (SSSR count). The van der Waals surface area contributed by atoms with Gasteiger partial charge in [0.15, 0.2) is 10.9 Å². The van der Waals surface area contributed by atoms with E-state index in [-0.39, 0.29) is 30.2 Å². The number of nitrogens with one attached hydrogen (secondary N) is 1. The minimum Gasteiger partial charge on any atom is -0.462 e. The number of nitrogens with zero attached hydrogens (tertiary/aromatic N) is 3. The van der Waals surface area contributed by atoms with Crippen LogP contribution in [0.1, 0.15) is 28.5 Å². The fourth-order valence-electron chi connectivity index (χ4n) is 3.36. The lowest BCUT2D eigenvalue weighted by Crippen LogP contribution is -2.47. The van der Waals surface area contributed by atoms with Gasteiger partial charge in [0.2, 0.25) is 5.91 Å². The van der Waals surface area contributed by atoms with E-state index in [2.05, 4.69) is 24.9 Å². The lowest BCUT2D eigenvalue weighted by Gasteiger charge is -2.33. The number of rotatable bonds is 9. The molecule has 2 aromatic rings. The number of thioether (sulfide) groups is 1. The van der Waals surface area contributed by atoms with Gasteiger partial charge in [0.05, 0.1) is 35.1 Å². The summed E-state index contributed by atoms with van der Waals surface area (Å²) in [6, 6.07) is 5.43. The highest BCUT2D eigenvalue weighted by Gasteiger charge is 2.38.